The monoisotopic (exact) mass is 396 g/mol. The molecule has 3 heterocycles. The normalized spacial score (nSPS) is 22.9. The molecule has 1 aromatic heterocycles. The van der Waals surface area contributed by atoms with E-state index in [0.717, 1.165) is 38.8 Å². The first-order valence-corrected chi connectivity index (χ1v) is 10.4. The maximum Gasteiger partial charge on any atom is 0.325 e. The Kier molecular flexibility index (Phi) is 5.67. The van der Waals surface area contributed by atoms with E-state index in [2.05, 4.69) is 27.8 Å². The minimum absolute atomic E-state index is 0.122. The highest BCUT2D eigenvalue weighted by Crippen LogP contribution is 2.36. The minimum atomic E-state index is -0.827. The Morgan fingerprint density at radius 1 is 1.21 bits per heavy atom. The van der Waals surface area contributed by atoms with Crippen LogP contribution in [-0.2, 0) is 17.8 Å². The van der Waals surface area contributed by atoms with E-state index in [9.17, 15) is 9.59 Å². The van der Waals surface area contributed by atoms with Crippen LogP contribution in [0.1, 0.15) is 42.8 Å². The van der Waals surface area contributed by atoms with Crippen molar-refractivity contribution in [3.8, 4) is 0 Å². The van der Waals surface area contributed by atoms with Gasteiger partial charge in [0.2, 0.25) is 0 Å². The van der Waals surface area contributed by atoms with Crippen LogP contribution in [0.15, 0.2) is 41.0 Å². The van der Waals surface area contributed by atoms with Gasteiger partial charge in [-0.25, -0.2) is 9.78 Å². The molecule has 2 fully saturated rings. The Morgan fingerprint density at radius 3 is 2.66 bits per heavy atom. The van der Waals surface area contributed by atoms with Gasteiger partial charge in [0.25, 0.3) is 5.91 Å². The lowest BCUT2D eigenvalue weighted by Crippen LogP contribution is -2.55. The number of piperidine rings is 1. The summed E-state index contributed by atoms with van der Waals surface area (Å²) in [6.07, 6.45) is 5.65. The molecule has 0 spiro atoms. The number of oxazole rings is 1. The molecule has 2 saturated heterocycles. The summed E-state index contributed by atoms with van der Waals surface area (Å²) >= 11 is 0. The van der Waals surface area contributed by atoms with Gasteiger partial charge in [-0.05, 0) is 56.7 Å². The van der Waals surface area contributed by atoms with Crippen molar-refractivity contribution in [2.24, 2.45) is 5.92 Å². The van der Waals surface area contributed by atoms with Crippen molar-refractivity contribution in [3.05, 3.63) is 53.7 Å². The minimum Gasteiger partial charge on any atom is -0.449 e. The average Bonchev–Trinajstić information content (AvgIpc) is 3.26. The van der Waals surface area contributed by atoms with Crippen LogP contribution in [0.25, 0.3) is 0 Å². The molecule has 2 aliphatic heterocycles. The van der Waals surface area contributed by atoms with Gasteiger partial charge in [0.15, 0.2) is 5.89 Å². The maximum atomic E-state index is 13.6. The van der Waals surface area contributed by atoms with Crippen LogP contribution in [-0.4, -0.2) is 40.5 Å². The molecule has 154 valence electrons. The lowest BCUT2D eigenvalue weighted by molar-refractivity contribution is -0.134. The molecule has 0 bridgehead atoms. The van der Waals surface area contributed by atoms with Crippen molar-refractivity contribution >= 4 is 11.9 Å². The van der Waals surface area contributed by atoms with Crippen LogP contribution in [0.3, 0.4) is 0 Å². The predicted octanol–water partition coefficient (Wildman–Crippen LogP) is 2.80. The first kappa shape index (κ1) is 19.6. The predicted molar refractivity (Wildman–Crippen MR) is 108 cm³/mol. The summed E-state index contributed by atoms with van der Waals surface area (Å²) in [4.78, 5) is 31.9. The van der Waals surface area contributed by atoms with Gasteiger partial charge in [-0.1, -0.05) is 30.3 Å². The number of amides is 3. The Morgan fingerprint density at radius 2 is 1.97 bits per heavy atom. The molecule has 1 unspecified atom stereocenters. The molecule has 7 nitrogen and oxygen atoms in total. The summed E-state index contributed by atoms with van der Waals surface area (Å²) in [5.74, 6) is 0.544. The van der Waals surface area contributed by atoms with Gasteiger partial charge in [0.05, 0.1) is 12.2 Å². The van der Waals surface area contributed by atoms with Crippen molar-refractivity contribution in [1.82, 2.24) is 20.5 Å². The van der Waals surface area contributed by atoms with Gasteiger partial charge in [-0.3, -0.25) is 9.69 Å². The van der Waals surface area contributed by atoms with Crippen molar-refractivity contribution in [2.45, 2.75) is 51.1 Å². The van der Waals surface area contributed by atoms with Gasteiger partial charge in [-0.2, -0.15) is 0 Å². The van der Waals surface area contributed by atoms with Crippen LogP contribution in [0.5, 0.6) is 0 Å². The molecule has 4 rings (SSSR count). The van der Waals surface area contributed by atoms with Crippen molar-refractivity contribution in [3.63, 3.8) is 0 Å². The number of hydrogen-bond acceptors (Lipinski definition) is 5. The Balaban J connectivity index is 1.53. The maximum absolute atomic E-state index is 13.6. The lowest BCUT2D eigenvalue weighted by Gasteiger charge is -2.38. The molecule has 29 heavy (non-hydrogen) atoms. The summed E-state index contributed by atoms with van der Waals surface area (Å²) in [6.45, 7) is 3.64. The Labute approximate surface area is 170 Å². The zero-order chi connectivity index (χ0) is 20.3. The van der Waals surface area contributed by atoms with E-state index in [1.807, 2.05) is 18.2 Å². The van der Waals surface area contributed by atoms with E-state index in [1.165, 1.54) is 16.7 Å². The van der Waals surface area contributed by atoms with Crippen LogP contribution >= 0.6 is 0 Å². The zero-order valence-corrected chi connectivity index (χ0v) is 16.8. The molecule has 0 aliphatic carbocycles. The van der Waals surface area contributed by atoms with Crippen molar-refractivity contribution < 1.29 is 14.0 Å². The van der Waals surface area contributed by atoms with Crippen LogP contribution in [0, 0.1) is 12.8 Å². The number of aromatic nitrogens is 1. The Hall–Kier alpha value is -2.67. The molecular formula is C22H28N4O3. The highest BCUT2D eigenvalue weighted by atomic mass is 16.3. The fourth-order valence-corrected chi connectivity index (χ4v) is 4.61. The SMILES string of the molecule is Cc1nc(CN2C(=O)NC(CCCc3ccccc3)(C3CCNCC3)C2=O)co1. The molecule has 2 aromatic rings. The fourth-order valence-electron chi connectivity index (χ4n) is 4.61. The molecular weight excluding hydrogens is 368 g/mol. The molecule has 1 atom stereocenters. The first-order chi connectivity index (χ1) is 14.1. The third-order valence-electron chi connectivity index (χ3n) is 6.10. The largest absolute Gasteiger partial charge is 0.449 e. The van der Waals surface area contributed by atoms with Gasteiger partial charge < -0.3 is 15.1 Å². The number of urea groups is 1. The summed E-state index contributed by atoms with van der Waals surface area (Å²) in [6, 6.07) is 9.94. The topological polar surface area (TPSA) is 87.5 Å². The summed E-state index contributed by atoms with van der Waals surface area (Å²) < 4.78 is 5.24. The molecule has 1 aromatic carbocycles. The van der Waals surface area contributed by atoms with Gasteiger partial charge in [0.1, 0.15) is 11.8 Å². The van der Waals surface area contributed by atoms with Crippen LogP contribution in [0.4, 0.5) is 4.79 Å². The number of aryl methyl sites for hydroxylation is 2. The third-order valence-corrected chi connectivity index (χ3v) is 6.10. The third kappa shape index (κ3) is 4.05. The summed E-state index contributed by atoms with van der Waals surface area (Å²) in [5, 5.41) is 6.46. The molecule has 2 aliphatic rings. The Bertz CT molecular complexity index is 860. The van der Waals surface area contributed by atoms with E-state index < -0.39 is 5.54 Å². The number of imide groups is 1. The summed E-state index contributed by atoms with van der Waals surface area (Å²) in [5.41, 5.74) is 1.02. The second-order valence-corrected chi connectivity index (χ2v) is 8.01. The quantitative estimate of drug-likeness (QED) is 0.703. The van der Waals surface area contributed by atoms with Crippen molar-refractivity contribution in [1.29, 1.82) is 0 Å². The fraction of sp³-hybridized carbons (Fsp3) is 0.500. The molecule has 2 N–H and O–H groups in total. The summed E-state index contributed by atoms with van der Waals surface area (Å²) in [7, 11) is 0. The standard InChI is InChI=1S/C22H28N4O3/c1-16-24-19(15-29-16)14-26-20(27)22(25-21(26)28,18-9-12-23-13-10-18)11-5-8-17-6-3-2-4-7-17/h2-4,6-7,15,18,23H,5,8-14H2,1H3,(H,25,28). The van der Waals surface area contributed by atoms with E-state index in [4.69, 9.17) is 4.42 Å². The van der Waals surface area contributed by atoms with Crippen LogP contribution < -0.4 is 10.6 Å². The van der Waals surface area contributed by atoms with E-state index in [0.29, 0.717) is 18.0 Å². The number of hydrogen-bond donors (Lipinski definition) is 2. The van der Waals surface area contributed by atoms with Gasteiger partial charge in [-0.15, -0.1) is 0 Å². The first-order valence-electron chi connectivity index (χ1n) is 10.4. The molecule has 3 amide bonds. The van der Waals surface area contributed by atoms with Gasteiger partial charge in [0, 0.05) is 6.92 Å². The number of benzene rings is 1. The number of nitrogens with zero attached hydrogens (tertiary/aromatic N) is 2. The highest BCUT2D eigenvalue weighted by Gasteiger charge is 2.55. The van der Waals surface area contributed by atoms with E-state index in [-0.39, 0.29) is 24.4 Å². The van der Waals surface area contributed by atoms with E-state index in [1.54, 1.807) is 6.92 Å². The second-order valence-electron chi connectivity index (χ2n) is 8.01. The van der Waals surface area contributed by atoms with Crippen LogP contribution in [0.2, 0.25) is 0 Å². The number of rotatable bonds is 7. The average molecular weight is 396 g/mol. The number of carbonyl (C=O) groups excluding carboxylic acids is 2. The van der Waals surface area contributed by atoms with Crippen molar-refractivity contribution in [2.75, 3.05) is 13.1 Å². The lowest BCUT2D eigenvalue weighted by atomic mass is 9.74. The molecule has 0 saturated carbocycles. The zero-order valence-electron chi connectivity index (χ0n) is 16.8. The smallest absolute Gasteiger partial charge is 0.325 e. The molecule has 7 heteroatoms. The van der Waals surface area contributed by atoms with Gasteiger partial charge >= 0.3 is 6.03 Å². The van der Waals surface area contributed by atoms with E-state index >= 15 is 0 Å². The highest BCUT2D eigenvalue weighted by molar-refractivity contribution is 6.07. The second kappa shape index (κ2) is 8.37. The number of carbonyl (C=O) groups is 2. The molecule has 0 radical (unpaired) electrons. The number of nitrogens with one attached hydrogen (secondary N) is 2.